The van der Waals surface area contributed by atoms with Gasteiger partial charge in [-0.3, -0.25) is 29.2 Å². The van der Waals surface area contributed by atoms with Crippen LogP contribution in [0.15, 0.2) is 9.98 Å². The minimum Gasteiger partial charge on any atom is -0.481 e. The number of carbonyl (C=O) groups is 5. The Labute approximate surface area is 224 Å². The topological polar surface area (TPSA) is 317 Å². The van der Waals surface area contributed by atoms with Gasteiger partial charge in [-0.15, -0.1) is 0 Å². The molecule has 0 aliphatic carbocycles. The van der Waals surface area contributed by atoms with Gasteiger partial charge in [0.25, 0.3) is 0 Å². The van der Waals surface area contributed by atoms with Crippen molar-refractivity contribution in [2.75, 3.05) is 18.8 Å². The van der Waals surface area contributed by atoms with E-state index in [0.29, 0.717) is 6.42 Å². The number of nitrogens with two attached hydrogens (primary N) is 5. The monoisotopic (exact) mass is 562 g/mol. The molecule has 15 N–H and O–H groups in total. The Morgan fingerprint density at radius 1 is 0.711 bits per heavy atom. The molecule has 216 valence electrons. The maximum atomic E-state index is 12.8. The summed E-state index contributed by atoms with van der Waals surface area (Å²) in [5.41, 5.74) is 26.7. The Bertz CT molecular complexity index is 878. The van der Waals surface area contributed by atoms with Crippen LogP contribution in [0.4, 0.5) is 0 Å². The van der Waals surface area contributed by atoms with Crippen molar-refractivity contribution in [3.8, 4) is 0 Å². The van der Waals surface area contributed by atoms with Gasteiger partial charge in [0, 0.05) is 25.3 Å². The van der Waals surface area contributed by atoms with Crippen LogP contribution in [0.5, 0.6) is 0 Å². The maximum absolute atomic E-state index is 12.8. The molecule has 0 aliphatic rings. The number of carbonyl (C=O) groups excluding carboxylic acids is 3. The van der Waals surface area contributed by atoms with Crippen LogP contribution in [-0.2, 0) is 24.0 Å². The number of hydrogen-bond acceptors (Lipinski definition) is 9. The lowest BCUT2D eigenvalue weighted by Crippen LogP contribution is -2.57. The summed E-state index contributed by atoms with van der Waals surface area (Å²) in [5.74, 6) is -5.46. The molecule has 0 aromatic rings. The van der Waals surface area contributed by atoms with Crippen LogP contribution < -0.4 is 44.6 Å². The van der Waals surface area contributed by atoms with Gasteiger partial charge in [-0.1, -0.05) is 0 Å². The number of guanidine groups is 2. The predicted octanol–water partition coefficient (Wildman–Crippen LogP) is -4.25. The van der Waals surface area contributed by atoms with Crippen LogP contribution >= 0.6 is 12.6 Å². The second-order valence-corrected chi connectivity index (χ2v) is 8.51. The second kappa shape index (κ2) is 18.4. The second-order valence-electron chi connectivity index (χ2n) is 8.14. The van der Waals surface area contributed by atoms with Crippen LogP contribution in [-0.4, -0.2) is 94.8 Å². The number of hydrogen-bond donors (Lipinski definition) is 11. The Morgan fingerprint density at radius 2 is 1.18 bits per heavy atom. The average molecular weight is 563 g/mol. The smallest absolute Gasteiger partial charge is 0.326 e. The van der Waals surface area contributed by atoms with Gasteiger partial charge in [-0.2, -0.15) is 12.6 Å². The van der Waals surface area contributed by atoms with Crippen LogP contribution in [0.3, 0.4) is 0 Å². The molecule has 18 heteroatoms. The molecule has 0 radical (unpaired) electrons. The lowest BCUT2D eigenvalue weighted by molar-refractivity contribution is -0.142. The number of rotatable bonds is 19. The van der Waals surface area contributed by atoms with E-state index in [2.05, 4.69) is 38.6 Å². The highest BCUT2D eigenvalue weighted by atomic mass is 32.1. The fourth-order valence-electron chi connectivity index (χ4n) is 2.97. The molecule has 0 aromatic heterocycles. The molecule has 0 heterocycles. The van der Waals surface area contributed by atoms with E-state index in [9.17, 15) is 29.1 Å². The Balaban J connectivity index is 5.23. The number of aliphatic carboxylic acids is 2. The Morgan fingerprint density at radius 3 is 1.66 bits per heavy atom. The molecule has 0 saturated heterocycles. The highest BCUT2D eigenvalue weighted by Gasteiger charge is 2.30. The van der Waals surface area contributed by atoms with Gasteiger partial charge in [0.15, 0.2) is 11.9 Å². The Kier molecular flexibility index (Phi) is 16.6. The van der Waals surface area contributed by atoms with Gasteiger partial charge in [-0.05, 0) is 32.1 Å². The van der Waals surface area contributed by atoms with Gasteiger partial charge in [0.1, 0.15) is 18.1 Å². The first-order chi connectivity index (χ1) is 17.8. The molecular formula is C20H38N10O7S. The summed E-state index contributed by atoms with van der Waals surface area (Å²) < 4.78 is 0. The molecule has 0 aromatic carbocycles. The molecule has 17 nitrogen and oxygen atoms in total. The average Bonchev–Trinajstić information content (AvgIpc) is 2.83. The van der Waals surface area contributed by atoms with Gasteiger partial charge in [0.2, 0.25) is 17.7 Å². The minimum absolute atomic E-state index is 0.00343. The first-order valence-electron chi connectivity index (χ1n) is 11.6. The summed E-state index contributed by atoms with van der Waals surface area (Å²) in [6.45, 7) is 0.382. The van der Waals surface area contributed by atoms with E-state index >= 15 is 0 Å². The molecule has 0 fully saturated rings. The fourth-order valence-corrected chi connectivity index (χ4v) is 3.22. The zero-order valence-electron chi connectivity index (χ0n) is 20.8. The van der Waals surface area contributed by atoms with Crippen molar-refractivity contribution in [2.24, 2.45) is 38.7 Å². The lowest BCUT2D eigenvalue weighted by atomic mass is 10.1. The zero-order chi connectivity index (χ0) is 29.3. The first-order valence-corrected chi connectivity index (χ1v) is 12.2. The van der Waals surface area contributed by atoms with Crippen molar-refractivity contribution in [1.82, 2.24) is 16.0 Å². The summed E-state index contributed by atoms with van der Waals surface area (Å²) >= 11 is 4.03. The predicted molar refractivity (Wildman–Crippen MR) is 142 cm³/mol. The molecule has 4 unspecified atom stereocenters. The SMILES string of the molecule is NC(N)=NCCCC(N)C(=O)NC(CCC(=O)O)C(=O)NC(CS)C(=O)NC(CCCN=C(N)N)C(=O)O. The standard InChI is InChI=1S/C20H38N10O7S/c21-10(3-1-7-26-19(22)23)15(33)28-11(5-6-14(31)32)16(34)30-13(9-38)17(35)29-12(18(36)37)4-2-8-27-20(24)25/h10-13,38H,1-9,21H2,(H,28,33)(H,29,35)(H,30,34)(H,31,32)(H,36,37)(H4,22,23,26)(H4,24,25,27). The molecule has 0 bridgehead atoms. The third-order valence-electron chi connectivity index (χ3n) is 4.96. The number of nitrogens with zero attached hydrogens (tertiary/aromatic N) is 2. The van der Waals surface area contributed by atoms with Gasteiger partial charge in [0.05, 0.1) is 6.04 Å². The third-order valence-corrected chi connectivity index (χ3v) is 5.32. The van der Waals surface area contributed by atoms with Crippen molar-refractivity contribution in [3.05, 3.63) is 0 Å². The van der Waals surface area contributed by atoms with Crippen LogP contribution in [0, 0.1) is 0 Å². The molecule has 0 aliphatic heterocycles. The summed E-state index contributed by atoms with van der Waals surface area (Å²) in [6, 6.07) is -4.96. The Hall–Kier alpha value is -3.80. The van der Waals surface area contributed by atoms with E-state index in [1.165, 1.54) is 0 Å². The quantitative estimate of drug-likeness (QED) is 0.0308. The number of thiol groups is 1. The van der Waals surface area contributed by atoms with E-state index in [0.717, 1.165) is 0 Å². The largest absolute Gasteiger partial charge is 0.481 e. The molecule has 0 saturated carbocycles. The number of nitrogens with one attached hydrogen (secondary N) is 3. The van der Waals surface area contributed by atoms with Crippen LogP contribution in [0.25, 0.3) is 0 Å². The van der Waals surface area contributed by atoms with E-state index < -0.39 is 60.2 Å². The summed E-state index contributed by atoms with van der Waals surface area (Å²) in [7, 11) is 0. The van der Waals surface area contributed by atoms with E-state index in [-0.39, 0.29) is 56.4 Å². The van der Waals surface area contributed by atoms with Crippen molar-refractivity contribution < 1.29 is 34.2 Å². The van der Waals surface area contributed by atoms with E-state index in [4.69, 9.17) is 33.8 Å². The number of carboxylic acids is 2. The van der Waals surface area contributed by atoms with Crippen molar-refractivity contribution in [2.45, 2.75) is 62.7 Å². The number of aliphatic imine (C=N–C) groups is 2. The van der Waals surface area contributed by atoms with Crippen molar-refractivity contribution in [1.29, 1.82) is 0 Å². The van der Waals surface area contributed by atoms with Crippen molar-refractivity contribution in [3.63, 3.8) is 0 Å². The van der Waals surface area contributed by atoms with Crippen LogP contribution in [0.1, 0.15) is 38.5 Å². The molecule has 4 atom stereocenters. The summed E-state index contributed by atoms with van der Waals surface area (Å²) in [5, 5.41) is 25.4. The summed E-state index contributed by atoms with van der Waals surface area (Å²) in [4.78, 5) is 68.0. The number of amides is 3. The van der Waals surface area contributed by atoms with E-state index in [1.54, 1.807) is 0 Å². The van der Waals surface area contributed by atoms with Gasteiger partial charge < -0.3 is 54.8 Å². The van der Waals surface area contributed by atoms with Crippen LogP contribution in [0.2, 0.25) is 0 Å². The van der Waals surface area contributed by atoms with E-state index in [1.807, 2.05) is 0 Å². The molecule has 0 rings (SSSR count). The molecule has 0 spiro atoms. The van der Waals surface area contributed by atoms with Crippen molar-refractivity contribution >= 4 is 54.2 Å². The fraction of sp³-hybridized carbons (Fsp3) is 0.650. The van der Waals surface area contributed by atoms with Gasteiger partial charge in [-0.25, -0.2) is 4.79 Å². The maximum Gasteiger partial charge on any atom is 0.326 e. The molecular weight excluding hydrogens is 524 g/mol. The van der Waals surface area contributed by atoms with Gasteiger partial charge >= 0.3 is 11.9 Å². The minimum atomic E-state index is -1.34. The lowest BCUT2D eigenvalue weighted by Gasteiger charge is -2.24. The third kappa shape index (κ3) is 15.3. The zero-order valence-corrected chi connectivity index (χ0v) is 21.7. The molecule has 3 amide bonds. The normalized spacial score (nSPS) is 13.6. The highest BCUT2D eigenvalue weighted by Crippen LogP contribution is 2.04. The first kappa shape index (κ1) is 34.2. The highest BCUT2D eigenvalue weighted by molar-refractivity contribution is 7.80. The summed E-state index contributed by atoms with van der Waals surface area (Å²) in [6.07, 6.45) is 0.0458. The number of carboxylic acid groups (broad SMARTS) is 2. The molecule has 38 heavy (non-hydrogen) atoms.